The average molecular weight is 423 g/mol. The first-order valence-corrected chi connectivity index (χ1v) is 9.81. The molecule has 0 saturated carbocycles. The van der Waals surface area contributed by atoms with Gasteiger partial charge in [0.1, 0.15) is 5.70 Å². The molecule has 1 aliphatic heterocycles. The molecule has 0 radical (unpaired) electrons. The van der Waals surface area contributed by atoms with E-state index in [9.17, 15) is 14.4 Å². The second-order valence-corrected chi connectivity index (χ2v) is 7.27. The SMILES string of the molecule is COC(=O)C1=C(Nc2cccc(C(=O)Nc3ccc(C)cc3C)c2)C(=O)N(CCO)C1. The van der Waals surface area contributed by atoms with Gasteiger partial charge in [0, 0.05) is 23.5 Å². The Labute approximate surface area is 180 Å². The number of hydrogen-bond acceptors (Lipinski definition) is 6. The van der Waals surface area contributed by atoms with Crippen LogP contribution in [0.5, 0.6) is 0 Å². The van der Waals surface area contributed by atoms with E-state index in [1.807, 2.05) is 32.0 Å². The number of aliphatic hydroxyl groups excluding tert-OH is 1. The summed E-state index contributed by atoms with van der Waals surface area (Å²) >= 11 is 0. The summed E-state index contributed by atoms with van der Waals surface area (Å²) in [6.45, 7) is 3.83. The number of benzene rings is 2. The lowest BCUT2D eigenvalue weighted by atomic mass is 10.1. The van der Waals surface area contributed by atoms with Gasteiger partial charge in [0.25, 0.3) is 11.8 Å². The Morgan fingerprint density at radius 2 is 1.94 bits per heavy atom. The number of hydrogen-bond donors (Lipinski definition) is 3. The molecule has 0 aromatic heterocycles. The van der Waals surface area contributed by atoms with Gasteiger partial charge in [-0.25, -0.2) is 4.79 Å². The van der Waals surface area contributed by atoms with Crippen LogP contribution >= 0.6 is 0 Å². The molecule has 0 aliphatic carbocycles. The molecule has 3 N–H and O–H groups in total. The second kappa shape index (κ2) is 9.44. The number of carbonyl (C=O) groups is 3. The summed E-state index contributed by atoms with van der Waals surface area (Å²) in [5.74, 6) is -1.34. The third kappa shape index (κ3) is 4.92. The maximum atomic E-state index is 12.7. The number of rotatable bonds is 7. The molecule has 8 heteroatoms. The van der Waals surface area contributed by atoms with Crippen molar-refractivity contribution >= 4 is 29.2 Å². The van der Waals surface area contributed by atoms with E-state index in [2.05, 4.69) is 10.6 Å². The van der Waals surface area contributed by atoms with Gasteiger partial charge in [0.15, 0.2) is 0 Å². The minimum absolute atomic E-state index is 0.0429. The molecule has 2 amide bonds. The van der Waals surface area contributed by atoms with Crippen LogP contribution in [-0.2, 0) is 14.3 Å². The molecule has 31 heavy (non-hydrogen) atoms. The van der Waals surface area contributed by atoms with Crippen LogP contribution in [0.1, 0.15) is 21.5 Å². The minimum atomic E-state index is -0.625. The molecule has 8 nitrogen and oxygen atoms in total. The smallest absolute Gasteiger partial charge is 0.337 e. The summed E-state index contributed by atoms with van der Waals surface area (Å²) in [6.07, 6.45) is 0. The van der Waals surface area contributed by atoms with E-state index in [1.165, 1.54) is 12.0 Å². The van der Waals surface area contributed by atoms with E-state index in [-0.39, 0.29) is 36.9 Å². The van der Waals surface area contributed by atoms with E-state index in [0.29, 0.717) is 11.3 Å². The van der Waals surface area contributed by atoms with Gasteiger partial charge in [0.2, 0.25) is 0 Å². The molecular formula is C23H25N3O5. The van der Waals surface area contributed by atoms with Crippen LogP contribution in [-0.4, -0.2) is 54.6 Å². The first-order valence-electron chi connectivity index (χ1n) is 9.81. The van der Waals surface area contributed by atoms with Crippen molar-refractivity contribution in [2.45, 2.75) is 13.8 Å². The standard InChI is InChI=1S/C23H25N3O5/c1-14-7-8-19(15(2)11-14)25-21(28)16-5-4-6-17(12-16)24-20-18(23(30)31-3)13-26(9-10-27)22(20)29/h4-8,11-12,24,27H,9-10,13H2,1-3H3,(H,25,28). The third-order valence-electron chi connectivity index (χ3n) is 4.98. The van der Waals surface area contributed by atoms with Gasteiger partial charge in [-0.2, -0.15) is 0 Å². The number of ether oxygens (including phenoxy) is 1. The first kappa shape index (κ1) is 22.0. The summed E-state index contributed by atoms with van der Waals surface area (Å²) in [7, 11) is 1.24. The monoisotopic (exact) mass is 423 g/mol. The van der Waals surface area contributed by atoms with Gasteiger partial charge >= 0.3 is 5.97 Å². The molecular weight excluding hydrogens is 398 g/mol. The van der Waals surface area contributed by atoms with Gasteiger partial charge in [-0.3, -0.25) is 9.59 Å². The molecule has 0 atom stereocenters. The topological polar surface area (TPSA) is 108 Å². The first-order chi connectivity index (χ1) is 14.8. The summed E-state index contributed by atoms with van der Waals surface area (Å²) < 4.78 is 4.78. The Kier molecular flexibility index (Phi) is 6.71. The van der Waals surface area contributed by atoms with Crippen molar-refractivity contribution in [1.82, 2.24) is 4.90 Å². The van der Waals surface area contributed by atoms with E-state index >= 15 is 0 Å². The molecule has 0 fully saturated rings. The maximum absolute atomic E-state index is 12.7. The Hall–Kier alpha value is -3.65. The van der Waals surface area contributed by atoms with Gasteiger partial charge in [-0.15, -0.1) is 0 Å². The Morgan fingerprint density at radius 1 is 1.16 bits per heavy atom. The van der Waals surface area contributed by atoms with E-state index in [0.717, 1.165) is 16.8 Å². The van der Waals surface area contributed by atoms with Crippen LogP contribution in [0.3, 0.4) is 0 Å². The van der Waals surface area contributed by atoms with E-state index in [1.54, 1.807) is 24.3 Å². The summed E-state index contributed by atoms with van der Waals surface area (Å²) in [5.41, 5.74) is 3.89. The predicted octanol–water partition coefficient (Wildman–Crippen LogP) is 2.23. The van der Waals surface area contributed by atoms with Gasteiger partial charge in [-0.05, 0) is 43.7 Å². The molecule has 3 rings (SSSR count). The molecule has 2 aromatic rings. The fraction of sp³-hybridized carbons (Fsp3) is 0.261. The van der Waals surface area contributed by atoms with Crippen LogP contribution in [0.15, 0.2) is 53.7 Å². The molecule has 0 bridgehead atoms. The Bertz CT molecular complexity index is 1060. The highest BCUT2D eigenvalue weighted by molar-refractivity contribution is 6.09. The zero-order valence-electron chi connectivity index (χ0n) is 17.7. The molecule has 1 heterocycles. The van der Waals surface area contributed by atoms with Crippen molar-refractivity contribution in [3.63, 3.8) is 0 Å². The van der Waals surface area contributed by atoms with Crippen molar-refractivity contribution in [2.75, 3.05) is 37.4 Å². The molecule has 162 valence electrons. The fourth-order valence-corrected chi connectivity index (χ4v) is 3.38. The largest absolute Gasteiger partial charge is 0.466 e. The predicted molar refractivity (Wildman–Crippen MR) is 117 cm³/mol. The fourth-order valence-electron chi connectivity index (χ4n) is 3.38. The molecule has 1 aliphatic rings. The Balaban J connectivity index is 1.82. The van der Waals surface area contributed by atoms with Crippen LogP contribution in [0.2, 0.25) is 0 Å². The molecule has 0 saturated heterocycles. The van der Waals surface area contributed by atoms with E-state index in [4.69, 9.17) is 9.84 Å². The summed E-state index contributed by atoms with van der Waals surface area (Å²) in [4.78, 5) is 38.9. The van der Waals surface area contributed by atoms with Gasteiger partial charge in [-0.1, -0.05) is 23.8 Å². The van der Waals surface area contributed by atoms with Crippen molar-refractivity contribution < 1.29 is 24.2 Å². The average Bonchev–Trinajstić information content (AvgIpc) is 3.05. The summed E-state index contributed by atoms with van der Waals surface area (Å²) in [6, 6.07) is 12.4. The van der Waals surface area contributed by atoms with Crippen LogP contribution in [0.25, 0.3) is 0 Å². The van der Waals surface area contributed by atoms with Crippen LogP contribution in [0, 0.1) is 13.8 Å². The number of aliphatic hydroxyl groups is 1. The van der Waals surface area contributed by atoms with Crippen molar-refractivity contribution in [2.24, 2.45) is 0 Å². The van der Waals surface area contributed by atoms with Crippen molar-refractivity contribution in [1.29, 1.82) is 0 Å². The van der Waals surface area contributed by atoms with Crippen LogP contribution in [0.4, 0.5) is 11.4 Å². The zero-order valence-corrected chi connectivity index (χ0v) is 17.7. The zero-order chi connectivity index (χ0) is 22.5. The molecule has 2 aromatic carbocycles. The lowest BCUT2D eigenvalue weighted by molar-refractivity contribution is -0.136. The van der Waals surface area contributed by atoms with Gasteiger partial charge in [0.05, 0.1) is 25.8 Å². The number of carbonyl (C=O) groups excluding carboxylic acids is 3. The number of methoxy groups -OCH3 is 1. The number of amides is 2. The molecule has 0 spiro atoms. The minimum Gasteiger partial charge on any atom is -0.466 e. The van der Waals surface area contributed by atoms with E-state index < -0.39 is 11.9 Å². The second-order valence-electron chi connectivity index (χ2n) is 7.27. The van der Waals surface area contributed by atoms with Crippen molar-refractivity contribution in [3.05, 3.63) is 70.4 Å². The number of nitrogens with zero attached hydrogens (tertiary/aromatic N) is 1. The molecule has 0 unspecified atom stereocenters. The maximum Gasteiger partial charge on any atom is 0.337 e. The van der Waals surface area contributed by atoms with Crippen molar-refractivity contribution in [3.8, 4) is 0 Å². The number of nitrogens with one attached hydrogen (secondary N) is 2. The lowest BCUT2D eigenvalue weighted by Crippen LogP contribution is -2.31. The number of esters is 1. The highest BCUT2D eigenvalue weighted by Crippen LogP contribution is 2.24. The van der Waals surface area contributed by atoms with Gasteiger partial charge < -0.3 is 25.4 Å². The van der Waals surface area contributed by atoms with Crippen LogP contribution < -0.4 is 10.6 Å². The Morgan fingerprint density at radius 3 is 2.61 bits per heavy atom. The summed E-state index contributed by atoms with van der Waals surface area (Å²) in [5, 5.41) is 15.0. The number of β-amino-alcohol motifs (C(OH)–C–C–N with tert-alkyl or cyclic N) is 1. The number of anilines is 2. The highest BCUT2D eigenvalue weighted by Gasteiger charge is 2.34. The third-order valence-corrected chi connectivity index (χ3v) is 4.98. The normalized spacial score (nSPS) is 13.4. The lowest BCUT2D eigenvalue weighted by Gasteiger charge is -2.15. The highest BCUT2D eigenvalue weighted by atomic mass is 16.5. The number of aryl methyl sites for hydroxylation is 2. The quantitative estimate of drug-likeness (QED) is 0.590.